The zero-order valence-corrected chi connectivity index (χ0v) is 12.2. The lowest BCUT2D eigenvalue weighted by Gasteiger charge is -2.11. The molecule has 19 heavy (non-hydrogen) atoms. The SMILES string of the molecule is CCS(=O)(=O)[C@H]1[C@@H](c2ccc(C)cc2)[C@@]1(CN)CO. The van der Waals surface area contributed by atoms with Gasteiger partial charge in [0, 0.05) is 23.6 Å². The molecule has 1 aromatic carbocycles. The number of aryl methyl sites for hydroxylation is 1. The number of rotatable bonds is 5. The zero-order chi connectivity index (χ0) is 14.3. The summed E-state index contributed by atoms with van der Waals surface area (Å²) in [5.74, 6) is -0.102. The summed E-state index contributed by atoms with van der Waals surface area (Å²) in [5, 5.41) is 9.07. The normalized spacial score (nSPS) is 30.3. The largest absolute Gasteiger partial charge is 0.396 e. The van der Waals surface area contributed by atoms with E-state index in [9.17, 15) is 13.5 Å². The van der Waals surface area contributed by atoms with E-state index in [4.69, 9.17) is 5.73 Å². The highest BCUT2D eigenvalue weighted by atomic mass is 32.2. The minimum absolute atomic E-state index is 0.0851. The van der Waals surface area contributed by atoms with Crippen LogP contribution in [0.25, 0.3) is 0 Å². The molecule has 0 amide bonds. The van der Waals surface area contributed by atoms with Crippen LogP contribution in [0.4, 0.5) is 0 Å². The second kappa shape index (κ2) is 4.89. The average Bonchev–Trinajstić information content (AvgIpc) is 3.10. The van der Waals surface area contributed by atoms with Gasteiger partial charge in [0.25, 0.3) is 0 Å². The van der Waals surface area contributed by atoms with Crippen molar-refractivity contribution >= 4 is 9.84 Å². The van der Waals surface area contributed by atoms with Crippen LogP contribution in [-0.4, -0.2) is 37.7 Å². The zero-order valence-electron chi connectivity index (χ0n) is 11.3. The van der Waals surface area contributed by atoms with E-state index in [1.165, 1.54) is 0 Å². The lowest BCUT2D eigenvalue weighted by molar-refractivity contribution is 0.212. The van der Waals surface area contributed by atoms with Gasteiger partial charge in [0.1, 0.15) is 0 Å². The Morgan fingerprint density at radius 2 is 1.89 bits per heavy atom. The Morgan fingerprint density at radius 3 is 2.32 bits per heavy atom. The van der Waals surface area contributed by atoms with Crippen molar-refractivity contribution in [3.8, 4) is 0 Å². The van der Waals surface area contributed by atoms with Crippen LogP contribution < -0.4 is 5.73 Å². The number of sulfone groups is 1. The first kappa shape index (κ1) is 14.5. The van der Waals surface area contributed by atoms with E-state index in [1.54, 1.807) is 6.92 Å². The first-order chi connectivity index (χ1) is 8.93. The molecule has 3 N–H and O–H groups in total. The lowest BCUT2D eigenvalue weighted by atomic mass is 9.99. The summed E-state index contributed by atoms with van der Waals surface area (Å²) in [6.45, 7) is 3.62. The minimum Gasteiger partial charge on any atom is -0.396 e. The van der Waals surface area contributed by atoms with Crippen LogP contribution in [-0.2, 0) is 9.84 Å². The molecule has 0 saturated heterocycles. The van der Waals surface area contributed by atoms with Crippen LogP contribution in [0.15, 0.2) is 24.3 Å². The summed E-state index contributed by atoms with van der Waals surface area (Å²) in [5.41, 5.74) is 7.13. The maximum absolute atomic E-state index is 12.2. The quantitative estimate of drug-likeness (QED) is 0.839. The van der Waals surface area contributed by atoms with Gasteiger partial charge < -0.3 is 10.8 Å². The molecule has 0 aromatic heterocycles. The van der Waals surface area contributed by atoms with E-state index in [0.717, 1.165) is 11.1 Å². The third kappa shape index (κ3) is 2.20. The Balaban J connectivity index is 2.42. The Morgan fingerprint density at radius 1 is 1.32 bits per heavy atom. The highest BCUT2D eigenvalue weighted by molar-refractivity contribution is 7.92. The maximum Gasteiger partial charge on any atom is 0.154 e. The summed E-state index contributed by atoms with van der Waals surface area (Å²) in [6, 6.07) is 7.79. The van der Waals surface area contributed by atoms with Gasteiger partial charge in [0.2, 0.25) is 0 Å². The van der Waals surface area contributed by atoms with Crippen LogP contribution in [0.2, 0.25) is 0 Å². The molecule has 3 atom stereocenters. The number of hydrogen-bond donors (Lipinski definition) is 2. The number of aliphatic hydroxyl groups excluding tert-OH is 1. The predicted octanol–water partition coefficient (Wildman–Crippen LogP) is 0.833. The van der Waals surface area contributed by atoms with E-state index >= 15 is 0 Å². The Bertz CT molecular complexity index is 547. The number of benzene rings is 1. The summed E-state index contributed by atoms with van der Waals surface area (Å²) in [7, 11) is -3.20. The van der Waals surface area contributed by atoms with Crippen LogP contribution in [0.1, 0.15) is 24.0 Å². The Hall–Kier alpha value is -0.910. The minimum atomic E-state index is -3.20. The number of hydrogen-bond acceptors (Lipinski definition) is 4. The second-order valence-electron chi connectivity index (χ2n) is 5.36. The van der Waals surface area contributed by atoms with Crippen molar-refractivity contribution in [3.63, 3.8) is 0 Å². The van der Waals surface area contributed by atoms with Gasteiger partial charge in [-0.25, -0.2) is 8.42 Å². The lowest BCUT2D eigenvalue weighted by Crippen LogP contribution is -2.28. The fourth-order valence-electron chi connectivity index (χ4n) is 2.97. The molecular weight excluding hydrogens is 262 g/mol. The second-order valence-corrected chi connectivity index (χ2v) is 7.77. The molecule has 0 aliphatic heterocycles. The van der Waals surface area contributed by atoms with Gasteiger partial charge in [-0.2, -0.15) is 0 Å². The smallest absolute Gasteiger partial charge is 0.154 e. The first-order valence-corrected chi connectivity index (χ1v) is 8.23. The topological polar surface area (TPSA) is 80.4 Å². The van der Waals surface area contributed by atoms with Crippen molar-refractivity contribution < 1.29 is 13.5 Å². The van der Waals surface area contributed by atoms with Gasteiger partial charge in [0.05, 0.1) is 11.9 Å². The number of aliphatic hydroxyl groups is 1. The summed E-state index contributed by atoms with van der Waals surface area (Å²) in [4.78, 5) is 0. The van der Waals surface area contributed by atoms with Gasteiger partial charge in [-0.15, -0.1) is 0 Å². The molecule has 2 rings (SSSR count). The fourth-order valence-corrected chi connectivity index (χ4v) is 5.13. The van der Waals surface area contributed by atoms with E-state index in [1.807, 2.05) is 31.2 Å². The predicted molar refractivity (Wildman–Crippen MR) is 75.7 cm³/mol. The highest BCUT2D eigenvalue weighted by Gasteiger charge is 2.69. The van der Waals surface area contributed by atoms with Gasteiger partial charge in [-0.3, -0.25) is 0 Å². The molecule has 1 saturated carbocycles. The van der Waals surface area contributed by atoms with Crippen molar-refractivity contribution in [1.29, 1.82) is 0 Å². The molecule has 4 nitrogen and oxygen atoms in total. The molecule has 0 radical (unpaired) electrons. The van der Waals surface area contributed by atoms with Gasteiger partial charge >= 0.3 is 0 Å². The van der Waals surface area contributed by atoms with E-state index in [-0.39, 0.29) is 24.8 Å². The van der Waals surface area contributed by atoms with Crippen molar-refractivity contribution in [2.45, 2.75) is 25.0 Å². The molecule has 1 aromatic rings. The van der Waals surface area contributed by atoms with Crippen LogP contribution in [0.3, 0.4) is 0 Å². The molecular formula is C14H21NO3S. The van der Waals surface area contributed by atoms with Crippen LogP contribution in [0, 0.1) is 12.3 Å². The van der Waals surface area contributed by atoms with Gasteiger partial charge in [0.15, 0.2) is 9.84 Å². The van der Waals surface area contributed by atoms with Crippen LogP contribution in [0.5, 0.6) is 0 Å². The van der Waals surface area contributed by atoms with Crippen molar-refractivity contribution in [2.75, 3.05) is 18.9 Å². The average molecular weight is 283 g/mol. The first-order valence-electron chi connectivity index (χ1n) is 6.52. The standard InChI is InChI=1S/C14H21NO3S/c1-3-19(17,18)13-12(14(13,8-15)9-16)11-6-4-10(2)5-7-11/h4-7,12-13,16H,3,8-9,15H2,1-2H3/t12-,13+,14-/m1/s1. The molecule has 1 aliphatic carbocycles. The van der Waals surface area contributed by atoms with Crippen molar-refractivity contribution in [3.05, 3.63) is 35.4 Å². The molecule has 0 spiro atoms. The van der Waals surface area contributed by atoms with Crippen molar-refractivity contribution in [1.82, 2.24) is 0 Å². The van der Waals surface area contributed by atoms with Gasteiger partial charge in [-0.05, 0) is 12.5 Å². The summed E-state index contributed by atoms with van der Waals surface area (Å²) < 4.78 is 24.4. The Kier molecular flexibility index (Phi) is 3.73. The number of nitrogens with two attached hydrogens (primary N) is 1. The molecule has 106 valence electrons. The summed E-state index contributed by atoms with van der Waals surface area (Å²) in [6.07, 6.45) is 0. The monoisotopic (exact) mass is 283 g/mol. The van der Waals surface area contributed by atoms with E-state index < -0.39 is 20.5 Å². The third-order valence-corrected chi connectivity index (χ3v) is 6.60. The van der Waals surface area contributed by atoms with E-state index in [2.05, 4.69) is 0 Å². The molecule has 1 aliphatic rings. The molecule has 0 unspecified atom stereocenters. The summed E-state index contributed by atoms with van der Waals surface area (Å²) >= 11 is 0. The molecule has 0 heterocycles. The molecule has 0 bridgehead atoms. The molecule has 5 heteroatoms. The fraction of sp³-hybridized carbons (Fsp3) is 0.571. The third-order valence-electron chi connectivity index (χ3n) is 4.28. The maximum atomic E-state index is 12.2. The molecule has 1 fully saturated rings. The van der Waals surface area contributed by atoms with Gasteiger partial charge in [-0.1, -0.05) is 36.8 Å². The Labute approximate surface area is 114 Å². The van der Waals surface area contributed by atoms with E-state index in [0.29, 0.717) is 0 Å². The van der Waals surface area contributed by atoms with Crippen LogP contribution >= 0.6 is 0 Å². The van der Waals surface area contributed by atoms with Crippen molar-refractivity contribution in [2.24, 2.45) is 11.1 Å². The highest BCUT2D eigenvalue weighted by Crippen LogP contribution is 2.62.